The second kappa shape index (κ2) is 6.74. The van der Waals surface area contributed by atoms with Crippen LogP contribution in [0, 0.1) is 0 Å². The van der Waals surface area contributed by atoms with Crippen LogP contribution in [0.4, 0.5) is 0 Å². The molecular weight excluding hydrogens is 296 g/mol. The Labute approximate surface area is 132 Å². The van der Waals surface area contributed by atoms with Gasteiger partial charge in [0.15, 0.2) is 0 Å². The molecule has 0 atom stereocenters. The lowest BCUT2D eigenvalue weighted by molar-refractivity contribution is 0.0545. The van der Waals surface area contributed by atoms with E-state index in [0.29, 0.717) is 23.7 Å². The molecule has 0 amide bonds. The summed E-state index contributed by atoms with van der Waals surface area (Å²) in [7, 11) is 1.25. The van der Waals surface area contributed by atoms with Crippen molar-refractivity contribution in [2.45, 2.75) is 6.61 Å². The summed E-state index contributed by atoms with van der Waals surface area (Å²) in [5.41, 5.74) is 1.76. The van der Waals surface area contributed by atoms with Gasteiger partial charge in [0.1, 0.15) is 12.4 Å². The van der Waals surface area contributed by atoms with Crippen LogP contribution < -0.4 is 4.74 Å². The number of nitrogens with zero attached hydrogens (tertiary/aromatic N) is 2. The number of hydrogen-bond acceptors (Lipinski definition) is 6. The van der Waals surface area contributed by atoms with E-state index in [4.69, 9.17) is 9.26 Å². The van der Waals surface area contributed by atoms with Crippen molar-refractivity contribution < 1.29 is 18.8 Å². The average molecular weight is 310 g/mol. The van der Waals surface area contributed by atoms with Crippen LogP contribution in [0.3, 0.4) is 0 Å². The summed E-state index contributed by atoms with van der Waals surface area (Å²) >= 11 is 0. The van der Waals surface area contributed by atoms with Crippen molar-refractivity contribution in [3.8, 4) is 17.1 Å². The molecule has 6 heteroatoms. The van der Waals surface area contributed by atoms with Crippen LogP contribution in [0.15, 0.2) is 59.1 Å². The molecule has 1 aromatic heterocycles. The Kier molecular flexibility index (Phi) is 4.33. The van der Waals surface area contributed by atoms with E-state index >= 15 is 0 Å². The Hall–Kier alpha value is -3.15. The SMILES string of the molecule is COC(=O)c1nc(-c2cccc(OCc3ccccc3)c2)no1. The molecule has 23 heavy (non-hydrogen) atoms. The first-order valence-electron chi connectivity index (χ1n) is 6.95. The van der Waals surface area contributed by atoms with Crippen LogP contribution in [0.25, 0.3) is 11.4 Å². The van der Waals surface area contributed by atoms with E-state index in [0.717, 1.165) is 5.56 Å². The summed E-state index contributed by atoms with van der Waals surface area (Å²) in [4.78, 5) is 15.3. The molecule has 0 spiro atoms. The number of ether oxygens (including phenoxy) is 2. The van der Waals surface area contributed by atoms with Gasteiger partial charge < -0.3 is 14.0 Å². The minimum absolute atomic E-state index is 0.182. The molecule has 0 aliphatic carbocycles. The van der Waals surface area contributed by atoms with Crippen molar-refractivity contribution in [1.82, 2.24) is 10.1 Å². The van der Waals surface area contributed by atoms with Crippen LogP contribution in [0.1, 0.15) is 16.2 Å². The van der Waals surface area contributed by atoms with Crippen molar-refractivity contribution >= 4 is 5.97 Å². The molecule has 2 aromatic carbocycles. The molecule has 3 aromatic rings. The van der Waals surface area contributed by atoms with Crippen molar-refractivity contribution in [3.05, 3.63) is 66.1 Å². The van der Waals surface area contributed by atoms with E-state index in [1.54, 1.807) is 12.1 Å². The zero-order valence-electron chi connectivity index (χ0n) is 12.4. The van der Waals surface area contributed by atoms with Gasteiger partial charge in [0, 0.05) is 5.56 Å². The normalized spacial score (nSPS) is 10.3. The Balaban J connectivity index is 1.74. The van der Waals surface area contributed by atoms with Gasteiger partial charge >= 0.3 is 11.9 Å². The molecule has 0 bridgehead atoms. The van der Waals surface area contributed by atoms with E-state index in [-0.39, 0.29) is 5.89 Å². The molecule has 0 aliphatic heterocycles. The van der Waals surface area contributed by atoms with Gasteiger partial charge in [0.2, 0.25) is 5.82 Å². The number of carbonyl (C=O) groups excluding carboxylic acids is 1. The van der Waals surface area contributed by atoms with Gasteiger partial charge in [-0.15, -0.1) is 0 Å². The van der Waals surface area contributed by atoms with Gasteiger partial charge in [-0.05, 0) is 17.7 Å². The zero-order chi connectivity index (χ0) is 16.1. The molecule has 1 heterocycles. The summed E-state index contributed by atoms with van der Waals surface area (Å²) in [6.45, 7) is 0.462. The molecule has 0 saturated heterocycles. The highest BCUT2D eigenvalue weighted by molar-refractivity contribution is 5.84. The lowest BCUT2D eigenvalue weighted by Crippen LogP contribution is -2.01. The smallest absolute Gasteiger partial charge is 0.397 e. The van der Waals surface area contributed by atoms with Crippen molar-refractivity contribution in [3.63, 3.8) is 0 Å². The maximum absolute atomic E-state index is 11.3. The van der Waals surface area contributed by atoms with E-state index < -0.39 is 5.97 Å². The number of aromatic nitrogens is 2. The lowest BCUT2D eigenvalue weighted by atomic mass is 10.2. The van der Waals surface area contributed by atoms with Crippen LogP contribution in [0.5, 0.6) is 5.75 Å². The minimum atomic E-state index is -0.666. The number of esters is 1. The Bertz CT molecular complexity index is 799. The van der Waals surface area contributed by atoms with Crippen LogP contribution in [-0.2, 0) is 11.3 Å². The van der Waals surface area contributed by atoms with Crippen LogP contribution in [0.2, 0.25) is 0 Å². The average Bonchev–Trinajstić information content (AvgIpc) is 3.11. The van der Waals surface area contributed by atoms with Crippen LogP contribution in [-0.4, -0.2) is 23.2 Å². The molecule has 0 saturated carbocycles. The molecule has 0 aliphatic rings. The highest BCUT2D eigenvalue weighted by Gasteiger charge is 2.16. The highest BCUT2D eigenvalue weighted by atomic mass is 16.6. The number of hydrogen-bond donors (Lipinski definition) is 0. The fraction of sp³-hybridized carbons (Fsp3) is 0.118. The maximum atomic E-state index is 11.3. The van der Waals surface area contributed by atoms with Gasteiger partial charge in [0.05, 0.1) is 7.11 Å². The molecule has 0 unspecified atom stereocenters. The largest absolute Gasteiger partial charge is 0.489 e. The first-order chi connectivity index (χ1) is 11.3. The molecule has 3 rings (SSSR count). The van der Waals surface area contributed by atoms with E-state index in [1.165, 1.54) is 7.11 Å². The van der Waals surface area contributed by atoms with Crippen LogP contribution >= 0.6 is 0 Å². The lowest BCUT2D eigenvalue weighted by Gasteiger charge is -2.06. The Morgan fingerprint density at radius 1 is 1.13 bits per heavy atom. The predicted molar refractivity (Wildman–Crippen MR) is 81.8 cm³/mol. The Morgan fingerprint density at radius 2 is 1.96 bits per heavy atom. The summed E-state index contributed by atoms with van der Waals surface area (Å²) in [5, 5.41) is 3.77. The fourth-order valence-corrected chi connectivity index (χ4v) is 1.98. The summed E-state index contributed by atoms with van der Waals surface area (Å²) in [5.74, 6) is 0.129. The van der Waals surface area contributed by atoms with Crippen molar-refractivity contribution in [2.24, 2.45) is 0 Å². The quantitative estimate of drug-likeness (QED) is 0.674. The van der Waals surface area contributed by atoms with E-state index in [2.05, 4.69) is 14.9 Å². The first-order valence-corrected chi connectivity index (χ1v) is 6.95. The maximum Gasteiger partial charge on any atom is 0.397 e. The number of rotatable bonds is 5. The third-order valence-corrected chi connectivity index (χ3v) is 3.13. The third kappa shape index (κ3) is 3.55. The first kappa shape index (κ1) is 14.8. The molecule has 116 valence electrons. The third-order valence-electron chi connectivity index (χ3n) is 3.13. The molecule has 0 fully saturated rings. The Morgan fingerprint density at radius 3 is 2.74 bits per heavy atom. The van der Waals surface area contributed by atoms with Gasteiger partial charge in [0.25, 0.3) is 0 Å². The van der Waals surface area contributed by atoms with Gasteiger partial charge in [-0.1, -0.05) is 47.6 Å². The standard InChI is InChI=1S/C17H14N2O4/c1-21-17(20)16-18-15(19-23-16)13-8-5-9-14(10-13)22-11-12-6-3-2-4-7-12/h2-10H,11H2,1H3. The topological polar surface area (TPSA) is 74.5 Å². The number of carbonyl (C=O) groups is 1. The second-order valence-corrected chi connectivity index (χ2v) is 4.72. The van der Waals surface area contributed by atoms with Gasteiger partial charge in [-0.25, -0.2) is 4.79 Å². The number of benzene rings is 2. The summed E-state index contributed by atoms with van der Waals surface area (Å²) in [6, 6.07) is 17.1. The second-order valence-electron chi connectivity index (χ2n) is 4.72. The van der Waals surface area contributed by atoms with Crippen molar-refractivity contribution in [1.29, 1.82) is 0 Å². The zero-order valence-corrected chi connectivity index (χ0v) is 12.4. The monoisotopic (exact) mass is 310 g/mol. The van der Waals surface area contributed by atoms with Crippen molar-refractivity contribution in [2.75, 3.05) is 7.11 Å². The minimum Gasteiger partial charge on any atom is -0.489 e. The number of methoxy groups -OCH3 is 1. The predicted octanol–water partition coefficient (Wildman–Crippen LogP) is 3.10. The highest BCUT2D eigenvalue weighted by Crippen LogP contribution is 2.22. The molecule has 0 radical (unpaired) electrons. The molecule has 6 nitrogen and oxygen atoms in total. The fourth-order valence-electron chi connectivity index (χ4n) is 1.98. The van der Waals surface area contributed by atoms with E-state index in [9.17, 15) is 4.79 Å². The summed E-state index contributed by atoms with van der Waals surface area (Å²) < 4.78 is 15.2. The molecule has 0 N–H and O–H groups in total. The van der Waals surface area contributed by atoms with E-state index in [1.807, 2.05) is 42.5 Å². The molecular formula is C17H14N2O4. The summed E-state index contributed by atoms with van der Waals surface area (Å²) in [6.07, 6.45) is 0. The van der Waals surface area contributed by atoms with Gasteiger partial charge in [-0.3, -0.25) is 0 Å². The van der Waals surface area contributed by atoms with Gasteiger partial charge in [-0.2, -0.15) is 4.98 Å².